The van der Waals surface area contributed by atoms with Gasteiger partial charge in [0.05, 0.1) is 6.61 Å². The minimum absolute atomic E-state index is 0.277. The lowest BCUT2D eigenvalue weighted by atomic mass is 10.0. The average Bonchev–Trinajstić information content (AvgIpc) is 2.39. The van der Waals surface area contributed by atoms with Gasteiger partial charge in [0.1, 0.15) is 11.5 Å². The summed E-state index contributed by atoms with van der Waals surface area (Å²) in [6.07, 6.45) is 0. The molecule has 0 spiro atoms. The third kappa shape index (κ3) is 2.81. The largest absolute Gasteiger partial charge is 0.507 e. The maximum absolute atomic E-state index is 10.0. The third-order valence-corrected chi connectivity index (χ3v) is 2.96. The molecule has 2 rings (SSSR count). The molecule has 0 unspecified atom stereocenters. The van der Waals surface area contributed by atoms with Crippen molar-refractivity contribution in [3.63, 3.8) is 0 Å². The van der Waals surface area contributed by atoms with E-state index in [2.05, 4.69) is 0 Å². The number of anilines is 1. The fraction of sp³-hybridized carbons (Fsp3) is 0.250. The Morgan fingerprint density at radius 2 is 1.79 bits per heavy atom. The van der Waals surface area contributed by atoms with Gasteiger partial charge in [-0.05, 0) is 31.2 Å². The number of hydrogen-bond donors (Lipinski definition) is 1. The number of phenols is 1. The topological polar surface area (TPSA) is 32.7 Å². The molecule has 0 amide bonds. The van der Waals surface area contributed by atoms with Gasteiger partial charge in [0.15, 0.2) is 0 Å². The van der Waals surface area contributed by atoms with E-state index < -0.39 is 0 Å². The van der Waals surface area contributed by atoms with Crippen LogP contribution in [0.2, 0.25) is 0 Å². The van der Waals surface area contributed by atoms with Crippen LogP contribution in [-0.4, -0.2) is 25.8 Å². The van der Waals surface area contributed by atoms with E-state index in [1.807, 2.05) is 62.3 Å². The van der Waals surface area contributed by atoms with Crippen molar-refractivity contribution in [3.8, 4) is 22.6 Å². The minimum Gasteiger partial charge on any atom is -0.507 e. The van der Waals surface area contributed by atoms with Crippen molar-refractivity contribution in [1.29, 1.82) is 0 Å². The van der Waals surface area contributed by atoms with E-state index in [9.17, 15) is 5.11 Å². The molecule has 3 nitrogen and oxygen atoms in total. The third-order valence-electron chi connectivity index (χ3n) is 2.96. The lowest BCUT2D eigenvalue weighted by Gasteiger charge is -2.19. The maximum Gasteiger partial charge on any atom is 0.123 e. The lowest BCUT2D eigenvalue weighted by molar-refractivity contribution is 0.340. The van der Waals surface area contributed by atoms with Gasteiger partial charge in [-0.15, -0.1) is 0 Å². The maximum atomic E-state index is 10.0. The molecule has 0 heterocycles. The van der Waals surface area contributed by atoms with Crippen molar-refractivity contribution in [1.82, 2.24) is 0 Å². The van der Waals surface area contributed by atoms with Crippen LogP contribution in [0.4, 0.5) is 5.69 Å². The second kappa shape index (κ2) is 5.65. The smallest absolute Gasteiger partial charge is 0.123 e. The number of nitrogens with zero attached hydrogens (tertiary/aromatic N) is 1. The Labute approximate surface area is 114 Å². The minimum atomic E-state index is 0.277. The average molecular weight is 257 g/mol. The summed E-state index contributed by atoms with van der Waals surface area (Å²) in [5, 5.41) is 10.0. The van der Waals surface area contributed by atoms with Gasteiger partial charge in [-0.2, -0.15) is 0 Å². The fourth-order valence-electron chi connectivity index (χ4n) is 2.08. The number of para-hydroxylation sites is 1. The fourth-order valence-corrected chi connectivity index (χ4v) is 2.08. The van der Waals surface area contributed by atoms with Crippen LogP contribution in [0.5, 0.6) is 11.5 Å². The Hall–Kier alpha value is -2.16. The number of rotatable bonds is 4. The first-order chi connectivity index (χ1) is 9.13. The molecule has 3 heteroatoms. The molecule has 0 aliphatic carbocycles. The van der Waals surface area contributed by atoms with Crippen LogP contribution >= 0.6 is 0 Å². The quantitative estimate of drug-likeness (QED) is 0.909. The second-order valence-electron chi connectivity index (χ2n) is 4.52. The number of ether oxygens (including phenoxy) is 1. The monoisotopic (exact) mass is 257 g/mol. The molecular formula is C16H19NO2. The van der Waals surface area contributed by atoms with Gasteiger partial charge in [0.2, 0.25) is 0 Å². The normalized spacial score (nSPS) is 10.3. The van der Waals surface area contributed by atoms with Crippen LogP contribution in [0.15, 0.2) is 42.5 Å². The molecular weight excluding hydrogens is 238 g/mol. The van der Waals surface area contributed by atoms with Crippen molar-refractivity contribution < 1.29 is 9.84 Å². The Morgan fingerprint density at radius 3 is 2.42 bits per heavy atom. The Morgan fingerprint density at radius 1 is 1.05 bits per heavy atom. The van der Waals surface area contributed by atoms with Crippen LogP contribution in [0.25, 0.3) is 11.1 Å². The van der Waals surface area contributed by atoms with E-state index >= 15 is 0 Å². The number of hydrogen-bond acceptors (Lipinski definition) is 3. The summed E-state index contributed by atoms with van der Waals surface area (Å²) in [7, 11) is 3.97. The highest BCUT2D eigenvalue weighted by Gasteiger charge is 2.11. The van der Waals surface area contributed by atoms with E-state index in [1.54, 1.807) is 6.07 Å². The van der Waals surface area contributed by atoms with E-state index in [1.165, 1.54) is 0 Å². The zero-order valence-electron chi connectivity index (χ0n) is 11.6. The molecule has 1 N–H and O–H groups in total. The van der Waals surface area contributed by atoms with E-state index in [4.69, 9.17) is 4.74 Å². The molecule has 0 fully saturated rings. The summed E-state index contributed by atoms with van der Waals surface area (Å²) < 4.78 is 5.54. The van der Waals surface area contributed by atoms with Crippen LogP contribution in [-0.2, 0) is 0 Å². The summed E-state index contributed by atoms with van der Waals surface area (Å²) >= 11 is 0. The highest BCUT2D eigenvalue weighted by molar-refractivity contribution is 5.83. The van der Waals surface area contributed by atoms with Gasteiger partial charge in [0.25, 0.3) is 0 Å². The molecule has 0 aliphatic heterocycles. The Kier molecular flexibility index (Phi) is 3.95. The van der Waals surface area contributed by atoms with Crippen molar-refractivity contribution >= 4 is 5.69 Å². The Bertz CT molecular complexity index is 564. The van der Waals surface area contributed by atoms with Gasteiger partial charge in [0, 0.05) is 30.9 Å². The molecule has 0 bridgehead atoms. The van der Waals surface area contributed by atoms with Gasteiger partial charge in [-0.25, -0.2) is 0 Å². The van der Waals surface area contributed by atoms with Gasteiger partial charge < -0.3 is 14.7 Å². The molecule has 0 saturated heterocycles. The number of phenolic OH excluding ortho intramolecular Hbond substituents is 1. The lowest BCUT2D eigenvalue weighted by Crippen LogP contribution is -2.10. The predicted octanol–water partition coefficient (Wildman–Crippen LogP) is 3.52. The molecule has 0 atom stereocenters. The summed E-state index contributed by atoms with van der Waals surface area (Å²) in [6.45, 7) is 2.58. The first-order valence-corrected chi connectivity index (χ1v) is 6.36. The molecule has 2 aromatic rings. The van der Waals surface area contributed by atoms with Crippen molar-refractivity contribution in [2.45, 2.75) is 6.92 Å². The molecule has 19 heavy (non-hydrogen) atoms. The first-order valence-electron chi connectivity index (χ1n) is 6.36. The van der Waals surface area contributed by atoms with Crippen molar-refractivity contribution in [2.75, 3.05) is 25.6 Å². The molecule has 0 radical (unpaired) electrons. The van der Waals surface area contributed by atoms with Crippen LogP contribution < -0.4 is 9.64 Å². The molecule has 0 aromatic heterocycles. The van der Waals surface area contributed by atoms with Crippen LogP contribution in [0.1, 0.15) is 6.92 Å². The predicted molar refractivity (Wildman–Crippen MR) is 79.0 cm³/mol. The molecule has 100 valence electrons. The molecule has 0 aliphatic rings. The van der Waals surface area contributed by atoms with Crippen molar-refractivity contribution in [3.05, 3.63) is 42.5 Å². The zero-order chi connectivity index (χ0) is 13.8. The Balaban J connectivity index is 2.58. The van der Waals surface area contributed by atoms with Gasteiger partial charge in [-0.1, -0.05) is 18.2 Å². The second-order valence-corrected chi connectivity index (χ2v) is 4.52. The number of aromatic hydroxyl groups is 1. The highest BCUT2D eigenvalue weighted by atomic mass is 16.5. The SMILES string of the molecule is CCOc1ccc(N(C)C)c(-c2ccccc2O)c1. The number of benzene rings is 2. The van der Waals surface area contributed by atoms with Crippen LogP contribution in [0, 0.1) is 0 Å². The summed E-state index contributed by atoms with van der Waals surface area (Å²) in [6, 6.07) is 13.3. The standard InChI is InChI=1S/C16H19NO2/c1-4-19-12-9-10-15(17(2)3)14(11-12)13-7-5-6-8-16(13)18/h5-11,18H,4H2,1-3H3. The summed E-state index contributed by atoms with van der Waals surface area (Å²) in [5.41, 5.74) is 2.83. The van der Waals surface area contributed by atoms with Gasteiger partial charge >= 0.3 is 0 Å². The molecule has 2 aromatic carbocycles. The summed E-state index contributed by atoms with van der Waals surface area (Å²) in [5.74, 6) is 1.09. The van der Waals surface area contributed by atoms with E-state index in [-0.39, 0.29) is 5.75 Å². The van der Waals surface area contributed by atoms with E-state index in [0.717, 1.165) is 22.6 Å². The zero-order valence-corrected chi connectivity index (χ0v) is 11.6. The first kappa shape index (κ1) is 13.3. The highest BCUT2D eigenvalue weighted by Crippen LogP contribution is 2.37. The van der Waals surface area contributed by atoms with Crippen LogP contribution in [0.3, 0.4) is 0 Å². The van der Waals surface area contributed by atoms with Crippen molar-refractivity contribution in [2.24, 2.45) is 0 Å². The summed E-state index contributed by atoms with van der Waals surface area (Å²) in [4.78, 5) is 2.03. The van der Waals surface area contributed by atoms with Gasteiger partial charge in [-0.3, -0.25) is 0 Å². The molecule has 0 saturated carbocycles. The van der Waals surface area contributed by atoms with E-state index in [0.29, 0.717) is 6.61 Å².